The van der Waals surface area contributed by atoms with Crippen LogP contribution in [0.1, 0.15) is 52.6 Å². The molecule has 7 nitrogen and oxygen atoms in total. The predicted octanol–water partition coefficient (Wildman–Crippen LogP) is 3.27. The number of aryl methyl sites for hydroxylation is 1. The third-order valence-corrected chi connectivity index (χ3v) is 5.29. The normalized spacial score (nSPS) is 14.0. The zero-order valence-corrected chi connectivity index (χ0v) is 16.9. The Kier molecular flexibility index (Phi) is 4.88. The molecule has 7 heteroatoms. The SMILES string of the molecule is C=C(NCC)c1nccc2c1CN(C(C)c1cnc(-n3cccn3)c(C)c1)C2=O. The third-order valence-electron chi connectivity index (χ3n) is 5.29. The van der Waals surface area contributed by atoms with Crippen LogP contribution in [0, 0.1) is 6.92 Å². The van der Waals surface area contributed by atoms with Crippen LogP contribution in [0.25, 0.3) is 11.5 Å². The monoisotopic (exact) mass is 388 g/mol. The summed E-state index contributed by atoms with van der Waals surface area (Å²) in [6.07, 6.45) is 7.09. The van der Waals surface area contributed by atoms with Gasteiger partial charge in [-0.05, 0) is 50.1 Å². The average Bonchev–Trinajstić information content (AvgIpc) is 3.36. The van der Waals surface area contributed by atoms with Crippen LogP contribution in [0.15, 0.2) is 49.6 Å². The van der Waals surface area contributed by atoms with Gasteiger partial charge in [-0.3, -0.25) is 9.78 Å². The first-order valence-electron chi connectivity index (χ1n) is 9.69. The largest absolute Gasteiger partial charge is 0.384 e. The highest BCUT2D eigenvalue weighted by molar-refractivity contribution is 5.99. The zero-order valence-electron chi connectivity index (χ0n) is 16.9. The minimum absolute atomic E-state index is 0.00857. The van der Waals surface area contributed by atoms with Crippen LogP contribution in [0.3, 0.4) is 0 Å². The molecule has 0 bridgehead atoms. The van der Waals surface area contributed by atoms with Crippen LogP contribution in [-0.4, -0.2) is 37.1 Å². The van der Waals surface area contributed by atoms with E-state index in [-0.39, 0.29) is 11.9 Å². The van der Waals surface area contributed by atoms with E-state index in [1.165, 1.54) is 0 Å². The average molecular weight is 388 g/mol. The highest BCUT2D eigenvalue weighted by atomic mass is 16.2. The molecule has 4 heterocycles. The van der Waals surface area contributed by atoms with Crippen molar-refractivity contribution in [3.8, 4) is 5.82 Å². The molecule has 1 aliphatic heterocycles. The molecule has 1 atom stereocenters. The number of nitrogens with zero attached hydrogens (tertiary/aromatic N) is 5. The van der Waals surface area contributed by atoms with Crippen LogP contribution in [0.2, 0.25) is 0 Å². The molecule has 0 aromatic carbocycles. The van der Waals surface area contributed by atoms with E-state index in [2.05, 4.69) is 33.0 Å². The maximum atomic E-state index is 13.1. The molecule has 3 aromatic heterocycles. The van der Waals surface area contributed by atoms with Crippen LogP contribution >= 0.6 is 0 Å². The highest BCUT2D eigenvalue weighted by Crippen LogP contribution is 2.33. The van der Waals surface area contributed by atoms with E-state index in [0.29, 0.717) is 12.1 Å². The summed E-state index contributed by atoms with van der Waals surface area (Å²) in [5.74, 6) is 0.796. The van der Waals surface area contributed by atoms with Gasteiger partial charge >= 0.3 is 0 Å². The lowest BCUT2D eigenvalue weighted by atomic mass is 10.1. The third kappa shape index (κ3) is 3.29. The summed E-state index contributed by atoms with van der Waals surface area (Å²) >= 11 is 0. The van der Waals surface area contributed by atoms with Gasteiger partial charge in [0.25, 0.3) is 5.91 Å². The minimum Gasteiger partial charge on any atom is -0.384 e. The van der Waals surface area contributed by atoms with Gasteiger partial charge in [0.2, 0.25) is 0 Å². The second-order valence-electron chi connectivity index (χ2n) is 7.16. The number of fused-ring (bicyclic) bond motifs is 1. The molecule has 4 rings (SSSR count). The van der Waals surface area contributed by atoms with Gasteiger partial charge in [-0.25, -0.2) is 9.67 Å². The second-order valence-corrected chi connectivity index (χ2v) is 7.16. The molecule has 0 aliphatic carbocycles. The molecular weight excluding hydrogens is 364 g/mol. The molecular formula is C22H24N6O. The van der Waals surface area contributed by atoms with Crippen LogP contribution in [-0.2, 0) is 6.54 Å². The Hall–Kier alpha value is -3.48. The van der Waals surface area contributed by atoms with E-state index in [1.807, 2.05) is 44.1 Å². The van der Waals surface area contributed by atoms with Crippen molar-refractivity contribution in [2.45, 2.75) is 33.4 Å². The van der Waals surface area contributed by atoms with Crippen molar-refractivity contribution in [3.63, 3.8) is 0 Å². The molecule has 0 saturated heterocycles. The highest BCUT2D eigenvalue weighted by Gasteiger charge is 2.34. The van der Waals surface area contributed by atoms with Crippen LogP contribution in [0.5, 0.6) is 0 Å². The zero-order chi connectivity index (χ0) is 20.5. The first kappa shape index (κ1) is 18.9. The van der Waals surface area contributed by atoms with Gasteiger partial charge in [0.1, 0.15) is 0 Å². The smallest absolute Gasteiger partial charge is 0.255 e. The van der Waals surface area contributed by atoms with Gasteiger partial charge in [-0.15, -0.1) is 0 Å². The molecule has 0 fully saturated rings. The van der Waals surface area contributed by atoms with Crippen LogP contribution in [0.4, 0.5) is 0 Å². The van der Waals surface area contributed by atoms with Gasteiger partial charge < -0.3 is 10.2 Å². The number of carbonyl (C=O) groups is 1. The van der Waals surface area contributed by atoms with Gasteiger partial charge in [0.15, 0.2) is 5.82 Å². The Bertz CT molecular complexity index is 1070. The van der Waals surface area contributed by atoms with E-state index < -0.39 is 0 Å². The van der Waals surface area contributed by atoms with Gasteiger partial charge in [0, 0.05) is 49.0 Å². The van der Waals surface area contributed by atoms with Crippen molar-refractivity contribution in [2.75, 3.05) is 6.54 Å². The predicted molar refractivity (Wildman–Crippen MR) is 111 cm³/mol. The van der Waals surface area contributed by atoms with Gasteiger partial charge in [0.05, 0.1) is 17.4 Å². The lowest BCUT2D eigenvalue weighted by Gasteiger charge is -2.25. The first-order valence-corrected chi connectivity index (χ1v) is 9.69. The maximum absolute atomic E-state index is 13.1. The Labute approximate surface area is 170 Å². The summed E-state index contributed by atoms with van der Waals surface area (Å²) < 4.78 is 1.74. The molecule has 0 radical (unpaired) electrons. The molecule has 29 heavy (non-hydrogen) atoms. The van der Waals surface area contributed by atoms with E-state index in [9.17, 15) is 4.79 Å². The molecule has 1 N–H and O–H groups in total. The fourth-order valence-electron chi connectivity index (χ4n) is 3.75. The number of carbonyl (C=O) groups excluding carboxylic acids is 1. The number of amides is 1. The van der Waals surface area contributed by atoms with Crippen molar-refractivity contribution in [1.29, 1.82) is 0 Å². The standard InChI is InChI=1S/C22H24N6O/c1-5-23-15(3)20-19-13-27(22(29)18(19)7-9-24-20)16(4)17-11-14(2)21(25-12-17)28-10-6-8-26-28/h6-12,16,23H,3,5,13H2,1-2,4H3. The van der Waals surface area contributed by atoms with Crippen molar-refractivity contribution >= 4 is 11.6 Å². The summed E-state index contributed by atoms with van der Waals surface area (Å²) in [6, 6.07) is 5.61. The molecule has 1 unspecified atom stereocenters. The molecule has 148 valence electrons. The Balaban J connectivity index is 1.62. The number of hydrogen-bond donors (Lipinski definition) is 1. The second kappa shape index (κ2) is 7.50. The van der Waals surface area contributed by atoms with E-state index >= 15 is 0 Å². The van der Waals surface area contributed by atoms with Crippen molar-refractivity contribution in [3.05, 3.63) is 77.5 Å². The summed E-state index contributed by atoms with van der Waals surface area (Å²) in [6.45, 7) is 11.4. The van der Waals surface area contributed by atoms with E-state index in [1.54, 1.807) is 23.1 Å². The molecule has 1 amide bonds. The van der Waals surface area contributed by atoms with E-state index in [4.69, 9.17) is 0 Å². The molecule has 1 aliphatic rings. The lowest BCUT2D eigenvalue weighted by molar-refractivity contribution is 0.0715. The summed E-state index contributed by atoms with van der Waals surface area (Å²) in [5, 5.41) is 7.45. The van der Waals surface area contributed by atoms with Gasteiger partial charge in [-0.2, -0.15) is 5.10 Å². The fourth-order valence-corrected chi connectivity index (χ4v) is 3.75. The number of nitrogens with one attached hydrogen (secondary N) is 1. The number of pyridine rings is 2. The minimum atomic E-state index is -0.118. The Morgan fingerprint density at radius 2 is 2.17 bits per heavy atom. The molecule has 0 spiro atoms. The van der Waals surface area contributed by atoms with Crippen molar-refractivity contribution in [2.24, 2.45) is 0 Å². The Morgan fingerprint density at radius 1 is 1.34 bits per heavy atom. The summed E-state index contributed by atoms with van der Waals surface area (Å²) in [7, 11) is 0. The number of hydrogen-bond acceptors (Lipinski definition) is 5. The fraction of sp³-hybridized carbons (Fsp3) is 0.273. The lowest BCUT2D eigenvalue weighted by Crippen LogP contribution is -2.27. The van der Waals surface area contributed by atoms with Gasteiger partial charge in [-0.1, -0.05) is 6.58 Å². The quantitative estimate of drug-likeness (QED) is 0.701. The Morgan fingerprint density at radius 3 is 2.86 bits per heavy atom. The molecule has 0 saturated carbocycles. The first-order chi connectivity index (χ1) is 14.0. The number of aromatic nitrogens is 4. The molecule has 3 aromatic rings. The van der Waals surface area contributed by atoms with E-state index in [0.717, 1.165) is 40.4 Å². The summed E-state index contributed by atoms with van der Waals surface area (Å²) in [5.41, 5.74) is 5.11. The van der Waals surface area contributed by atoms with Crippen molar-refractivity contribution < 1.29 is 4.79 Å². The topological polar surface area (TPSA) is 75.9 Å². The summed E-state index contributed by atoms with van der Waals surface area (Å²) in [4.78, 5) is 24.0. The van der Waals surface area contributed by atoms with Crippen LogP contribution < -0.4 is 5.32 Å². The number of rotatable bonds is 6. The van der Waals surface area contributed by atoms with Crippen molar-refractivity contribution in [1.82, 2.24) is 30.0 Å². The maximum Gasteiger partial charge on any atom is 0.255 e.